The van der Waals surface area contributed by atoms with Crippen LogP contribution in [0.15, 0.2) is 53.6 Å². The molecule has 112 valence electrons. The van der Waals surface area contributed by atoms with Crippen molar-refractivity contribution < 1.29 is 5.02 Å². The Bertz CT molecular complexity index is 687. The molecule has 0 saturated heterocycles. The fraction of sp³-hybridized carbons (Fsp3) is 0.235. The van der Waals surface area contributed by atoms with Crippen LogP contribution in [0.2, 0.25) is 5.02 Å². The van der Waals surface area contributed by atoms with Crippen molar-refractivity contribution in [3.8, 4) is 0 Å². The van der Waals surface area contributed by atoms with Crippen molar-refractivity contribution in [1.82, 2.24) is 0 Å². The lowest BCUT2D eigenvalue weighted by atomic mass is 9.68. The van der Waals surface area contributed by atoms with Crippen LogP contribution >= 0.6 is 11.6 Å². The highest BCUT2D eigenvalue weighted by atomic mass is 35.5. The number of halogens is 1. The van der Waals surface area contributed by atoms with E-state index in [4.69, 9.17) is 16.7 Å². The van der Waals surface area contributed by atoms with Gasteiger partial charge in [-0.15, -0.1) is 0 Å². The molecule has 0 unspecified atom stereocenters. The zero-order valence-corrected chi connectivity index (χ0v) is 13.3. The van der Waals surface area contributed by atoms with E-state index in [1.807, 2.05) is 48.5 Å². The van der Waals surface area contributed by atoms with Crippen LogP contribution in [-0.2, 0) is 0 Å². The van der Waals surface area contributed by atoms with Gasteiger partial charge >= 0.3 is 7.05 Å². The average molecular weight is 313 g/mol. The lowest BCUT2D eigenvalue weighted by Gasteiger charge is -2.30. The van der Waals surface area contributed by atoms with E-state index in [0.717, 1.165) is 41.7 Å². The monoisotopic (exact) mass is 312 g/mol. The van der Waals surface area contributed by atoms with Crippen LogP contribution < -0.4 is 10.4 Å². The first kappa shape index (κ1) is 15.1. The third-order valence-electron chi connectivity index (χ3n) is 3.87. The summed E-state index contributed by atoms with van der Waals surface area (Å²) in [4.78, 5) is 1.67. The summed E-state index contributed by atoms with van der Waals surface area (Å²) in [6.07, 6.45) is 3.10. The molecule has 0 atom stereocenters. The van der Waals surface area contributed by atoms with Gasteiger partial charge in [-0.3, -0.25) is 4.92 Å². The predicted octanol–water partition coefficient (Wildman–Crippen LogP) is 3.44. The van der Waals surface area contributed by atoms with Crippen molar-refractivity contribution in [2.24, 2.45) is 5.10 Å². The zero-order chi connectivity index (χ0) is 15.5. The Kier molecular flexibility index (Phi) is 4.51. The summed E-state index contributed by atoms with van der Waals surface area (Å²) >= 11 is 5.95. The van der Waals surface area contributed by atoms with Gasteiger partial charge in [0.1, 0.15) is 0 Å². The van der Waals surface area contributed by atoms with E-state index in [9.17, 15) is 5.02 Å². The van der Waals surface area contributed by atoms with E-state index in [1.54, 1.807) is 4.92 Å². The standard InChI is InChI=1S/C17H18BClN2O/c1-2-3-8-17-15-6-4-5-7-16(15)18(22)21(20-17)14-11-9-13(19)10-12-14/h4-7,9-12,22H,2-3,8H2,1H3. The molecule has 1 aliphatic heterocycles. The molecular weight excluding hydrogens is 294 g/mol. The molecule has 0 saturated carbocycles. The fourth-order valence-electron chi connectivity index (χ4n) is 2.68. The van der Waals surface area contributed by atoms with Gasteiger partial charge in [-0.2, -0.15) is 5.10 Å². The van der Waals surface area contributed by atoms with Crippen molar-refractivity contribution in [3.05, 3.63) is 59.1 Å². The molecule has 0 amide bonds. The zero-order valence-electron chi connectivity index (χ0n) is 12.5. The van der Waals surface area contributed by atoms with Gasteiger partial charge in [-0.1, -0.05) is 49.2 Å². The average Bonchev–Trinajstić information content (AvgIpc) is 2.55. The van der Waals surface area contributed by atoms with E-state index >= 15 is 0 Å². The van der Waals surface area contributed by atoms with Crippen LogP contribution in [0.4, 0.5) is 5.69 Å². The van der Waals surface area contributed by atoms with Crippen LogP contribution in [0.5, 0.6) is 0 Å². The molecule has 2 aromatic rings. The van der Waals surface area contributed by atoms with Gasteiger partial charge in [0, 0.05) is 10.7 Å². The van der Waals surface area contributed by atoms with Gasteiger partial charge in [0.15, 0.2) is 0 Å². The molecule has 0 radical (unpaired) electrons. The molecule has 3 rings (SSSR count). The number of hydrogen-bond donors (Lipinski definition) is 1. The summed E-state index contributed by atoms with van der Waals surface area (Å²) in [5.41, 5.74) is 3.81. The highest BCUT2D eigenvalue weighted by molar-refractivity contribution is 6.72. The minimum atomic E-state index is -0.775. The maximum Gasteiger partial charge on any atom is 0.471 e. The molecule has 22 heavy (non-hydrogen) atoms. The second kappa shape index (κ2) is 6.55. The summed E-state index contributed by atoms with van der Waals surface area (Å²) < 4.78 is 0. The Morgan fingerprint density at radius 3 is 2.59 bits per heavy atom. The van der Waals surface area contributed by atoms with Crippen LogP contribution in [0, 0.1) is 0 Å². The maximum absolute atomic E-state index is 10.7. The second-order valence-corrected chi connectivity index (χ2v) is 5.87. The minimum absolute atomic E-state index is 0.672. The molecule has 5 heteroatoms. The number of fused-ring (bicyclic) bond motifs is 1. The molecule has 0 bridgehead atoms. The van der Waals surface area contributed by atoms with E-state index < -0.39 is 7.05 Å². The number of nitrogens with zero attached hydrogens (tertiary/aromatic N) is 2. The minimum Gasteiger partial charge on any atom is -0.427 e. The van der Waals surface area contributed by atoms with Crippen molar-refractivity contribution in [2.75, 3.05) is 4.92 Å². The Hall–Kier alpha value is -1.78. The number of benzene rings is 2. The maximum atomic E-state index is 10.7. The SMILES string of the molecule is CCCCC1=NN(c2ccc(Cl)cc2)B(O)c2ccccc21. The largest absolute Gasteiger partial charge is 0.471 e. The highest BCUT2D eigenvalue weighted by Gasteiger charge is 2.32. The summed E-state index contributed by atoms with van der Waals surface area (Å²) in [5, 5.41) is 16.0. The molecule has 0 spiro atoms. The summed E-state index contributed by atoms with van der Waals surface area (Å²) in [7, 11) is -0.775. The van der Waals surface area contributed by atoms with E-state index in [0.29, 0.717) is 5.02 Å². The van der Waals surface area contributed by atoms with E-state index in [1.165, 1.54) is 0 Å². The second-order valence-electron chi connectivity index (χ2n) is 5.43. The normalized spacial score (nSPS) is 13.9. The Balaban J connectivity index is 2.02. The van der Waals surface area contributed by atoms with Gasteiger partial charge in [-0.25, -0.2) is 0 Å². The Morgan fingerprint density at radius 2 is 1.86 bits per heavy atom. The predicted molar refractivity (Wildman–Crippen MR) is 94.0 cm³/mol. The fourth-order valence-corrected chi connectivity index (χ4v) is 2.80. The van der Waals surface area contributed by atoms with Gasteiger partial charge in [0.05, 0.1) is 5.71 Å². The van der Waals surface area contributed by atoms with Gasteiger partial charge in [-0.05, 0) is 48.1 Å². The van der Waals surface area contributed by atoms with Crippen molar-refractivity contribution in [2.45, 2.75) is 26.2 Å². The Morgan fingerprint density at radius 1 is 1.14 bits per heavy atom. The van der Waals surface area contributed by atoms with E-state index in [2.05, 4.69) is 6.92 Å². The summed E-state index contributed by atoms with van der Waals surface area (Å²) in [6, 6.07) is 15.3. The first-order chi connectivity index (χ1) is 10.7. The molecule has 3 nitrogen and oxygen atoms in total. The summed E-state index contributed by atoms with van der Waals surface area (Å²) in [6.45, 7) is 2.17. The van der Waals surface area contributed by atoms with Gasteiger partial charge in [0.2, 0.25) is 0 Å². The molecule has 0 aromatic heterocycles. The smallest absolute Gasteiger partial charge is 0.427 e. The number of unbranched alkanes of at least 4 members (excludes halogenated alkanes) is 1. The van der Waals surface area contributed by atoms with Gasteiger partial charge in [0.25, 0.3) is 0 Å². The topological polar surface area (TPSA) is 35.8 Å². The Labute approximate surface area is 136 Å². The number of anilines is 1. The molecule has 1 heterocycles. The molecule has 1 aliphatic rings. The molecule has 0 aliphatic carbocycles. The number of hydrogen-bond acceptors (Lipinski definition) is 3. The third kappa shape index (κ3) is 2.89. The first-order valence-electron chi connectivity index (χ1n) is 7.60. The number of hydrazone groups is 1. The lowest BCUT2D eigenvalue weighted by molar-refractivity contribution is 0.577. The highest BCUT2D eigenvalue weighted by Crippen LogP contribution is 2.23. The van der Waals surface area contributed by atoms with Crippen LogP contribution in [0.25, 0.3) is 0 Å². The van der Waals surface area contributed by atoms with Crippen molar-refractivity contribution >= 4 is 35.5 Å². The third-order valence-corrected chi connectivity index (χ3v) is 4.12. The van der Waals surface area contributed by atoms with Crippen molar-refractivity contribution in [1.29, 1.82) is 0 Å². The number of rotatable bonds is 4. The molecule has 1 N–H and O–H groups in total. The van der Waals surface area contributed by atoms with Crippen LogP contribution in [0.1, 0.15) is 31.7 Å². The lowest BCUT2D eigenvalue weighted by Crippen LogP contribution is -2.51. The van der Waals surface area contributed by atoms with Crippen molar-refractivity contribution in [3.63, 3.8) is 0 Å². The quantitative estimate of drug-likeness (QED) is 0.878. The van der Waals surface area contributed by atoms with Gasteiger partial charge < -0.3 is 5.02 Å². The summed E-state index contributed by atoms with van der Waals surface area (Å²) in [5.74, 6) is 0. The van der Waals surface area contributed by atoms with E-state index in [-0.39, 0.29) is 0 Å². The van der Waals surface area contributed by atoms with Crippen LogP contribution in [-0.4, -0.2) is 17.8 Å². The van der Waals surface area contributed by atoms with Crippen LogP contribution in [0.3, 0.4) is 0 Å². The first-order valence-corrected chi connectivity index (χ1v) is 7.98. The molecule has 0 fully saturated rings. The molecule has 2 aromatic carbocycles. The molecular formula is C17H18BClN2O.